The second-order valence-corrected chi connectivity index (χ2v) is 6.22. The number of carbonyl (C=O) groups is 2. The summed E-state index contributed by atoms with van der Waals surface area (Å²) in [7, 11) is 1.39. The first-order valence-electron chi connectivity index (χ1n) is 7.40. The van der Waals surface area contributed by atoms with Gasteiger partial charge in [0.25, 0.3) is 0 Å². The van der Waals surface area contributed by atoms with E-state index >= 15 is 0 Å². The Bertz CT molecular complexity index is 550. The number of piperidine rings is 1. The van der Waals surface area contributed by atoms with Gasteiger partial charge in [0.05, 0.1) is 17.7 Å². The van der Waals surface area contributed by atoms with Crippen LogP contribution in [-0.4, -0.2) is 54.9 Å². The molecule has 1 aromatic rings. The predicted molar refractivity (Wildman–Crippen MR) is 86.0 cm³/mol. The number of rotatable bonds is 4. The van der Waals surface area contributed by atoms with E-state index in [1.54, 1.807) is 11.3 Å². The Morgan fingerprint density at radius 1 is 1.45 bits per heavy atom. The Hall–Kier alpha value is -1.76. The van der Waals surface area contributed by atoms with Gasteiger partial charge in [-0.25, -0.2) is 9.59 Å². The number of likely N-dealkylation sites (tertiary alicyclic amines) is 1. The fourth-order valence-corrected chi connectivity index (χ4v) is 4.14. The number of hydrogen-bond acceptors (Lipinski definition) is 5. The molecule has 0 atom stereocenters. The van der Waals surface area contributed by atoms with E-state index in [0.717, 1.165) is 30.0 Å². The summed E-state index contributed by atoms with van der Waals surface area (Å²) >= 11 is 1.55. The highest BCUT2D eigenvalue weighted by molar-refractivity contribution is 7.14. The molecule has 1 N–H and O–H groups in total. The standard InChI is InChI=1S/C15H22N2O4S/c1-4-17(11-5-7-16(8-6-11)15(19)20)13-10(2)12(9-22-13)14(18)21-3/h9,11H,4-8H2,1-3H3,(H,19,20). The number of ether oxygens (including phenoxy) is 1. The normalized spacial score (nSPS) is 15.7. The maximum atomic E-state index is 11.7. The highest BCUT2D eigenvalue weighted by atomic mass is 32.1. The van der Waals surface area contributed by atoms with Gasteiger partial charge >= 0.3 is 12.1 Å². The second kappa shape index (κ2) is 7.00. The molecule has 0 radical (unpaired) electrons. The van der Waals surface area contributed by atoms with E-state index < -0.39 is 6.09 Å². The lowest BCUT2D eigenvalue weighted by Crippen LogP contribution is -2.46. The quantitative estimate of drug-likeness (QED) is 0.862. The van der Waals surface area contributed by atoms with Crippen LogP contribution < -0.4 is 4.90 Å². The van der Waals surface area contributed by atoms with Gasteiger partial charge in [-0.3, -0.25) is 0 Å². The summed E-state index contributed by atoms with van der Waals surface area (Å²) < 4.78 is 4.81. The van der Waals surface area contributed by atoms with Crippen LogP contribution in [-0.2, 0) is 4.74 Å². The first-order valence-corrected chi connectivity index (χ1v) is 8.28. The number of nitrogens with zero attached hydrogens (tertiary/aromatic N) is 2. The van der Waals surface area contributed by atoms with Gasteiger partial charge in [-0.05, 0) is 32.3 Å². The zero-order chi connectivity index (χ0) is 16.3. The second-order valence-electron chi connectivity index (χ2n) is 5.36. The summed E-state index contributed by atoms with van der Waals surface area (Å²) in [5, 5.41) is 12.0. The monoisotopic (exact) mass is 326 g/mol. The third kappa shape index (κ3) is 3.19. The van der Waals surface area contributed by atoms with Crippen molar-refractivity contribution in [3.63, 3.8) is 0 Å². The number of carboxylic acid groups (broad SMARTS) is 1. The number of methoxy groups -OCH3 is 1. The molecule has 0 aliphatic carbocycles. The number of thiophene rings is 1. The molecule has 1 aliphatic heterocycles. The Balaban J connectivity index is 2.14. The molecule has 22 heavy (non-hydrogen) atoms. The van der Waals surface area contributed by atoms with Gasteiger partial charge in [0.15, 0.2) is 0 Å². The average molecular weight is 326 g/mol. The van der Waals surface area contributed by atoms with Crippen LogP contribution in [0.4, 0.5) is 9.80 Å². The fraction of sp³-hybridized carbons (Fsp3) is 0.600. The number of hydrogen-bond donors (Lipinski definition) is 1. The van der Waals surface area contributed by atoms with Crippen molar-refractivity contribution in [3.05, 3.63) is 16.5 Å². The zero-order valence-electron chi connectivity index (χ0n) is 13.2. The summed E-state index contributed by atoms with van der Waals surface area (Å²) in [6.45, 7) is 5.98. The van der Waals surface area contributed by atoms with Gasteiger partial charge in [0, 0.05) is 31.1 Å². The van der Waals surface area contributed by atoms with E-state index in [0.29, 0.717) is 24.7 Å². The maximum Gasteiger partial charge on any atom is 0.407 e. The molecule has 2 rings (SSSR count). The highest BCUT2D eigenvalue weighted by Crippen LogP contribution is 2.34. The van der Waals surface area contributed by atoms with Crippen LogP contribution in [0, 0.1) is 6.92 Å². The molecule has 1 fully saturated rings. The first-order chi connectivity index (χ1) is 10.5. The smallest absolute Gasteiger partial charge is 0.407 e. The number of anilines is 1. The van der Waals surface area contributed by atoms with Crippen molar-refractivity contribution in [2.45, 2.75) is 32.7 Å². The molecule has 122 valence electrons. The molecule has 1 aromatic heterocycles. The Kier molecular flexibility index (Phi) is 5.28. The van der Waals surface area contributed by atoms with Gasteiger partial charge in [-0.2, -0.15) is 0 Å². The van der Waals surface area contributed by atoms with Gasteiger partial charge in [-0.1, -0.05) is 0 Å². The molecule has 6 nitrogen and oxygen atoms in total. The third-order valence-corrected chi connectivity index (χ3v) is 5.31. The fourth-order valence-electron chi connectivity index (χ4n) is 2.94. The molecule has 0 unspecified atom stereocenters. The minimum Gasteiger partial charge on any atom is -0.465 e. The van der Waals surface area contributed by atoms with Gasteiger partial charge < -0.3 is 19.6 Å². The molecular weight excluding hydrogens is 304 g/mol. The summed E-state index contributed by atoms with van der Waals surface area (Å²) in [5.41, 5.74) is 1.56. The van der Waals surface area contributed by atoms with Crippen LogP contribution in [0.2, 0.25) is 0 Å². The van der Waals surface area contributed by atoms with Crippen molar-refractivity contribution in [3.8, 4) is 0 Å². The number of esters is 1. The van der Waals surface area contributed by atoms with Gasteiger partial charge in [0.2, 0.25) is 0 Å². The molecule has 0 spiro atoms. The van der Waals surface area contributed by atoms with Crippen LogP contribution in [0.1, 0.15) is 35.7 Å². The molecular formula is C15H22N2O4S. The molecule has 2 heterocycles. The van der Waals surface area contributed by atoms with E-state index in [2.05, 4.69) is 11.8 Å². The maximum absolute atomic E-state index is 11.7. The number of carbonyl (C=O) groups excluding carboxylic acids is 1. The zero-order valence-corrected chi connectivity index (χ0v) is 14.0. The molecule has 1 saturated heterocycles. The predicted octanol–water partition coefficient (Wildman–Crippen LogP) is 2.81. The molecule has 0 saturated carbocycles. The van der Waals surface area contributed by atoms with Crippen LogP contribution in [0.3, 0.4) is 0 Å². The SMILES string of the molecule is CCN(c1scc(C(=O)OC)c1C)C1CCN(C(=O)O)CC1. The Morgan fingerprint density at radius 3 is 2.59 bits per heavy atom. The topological polar surface area (TPSA) is 70.1 Å². The lowest BCUT2D eigenvalue weighted by molar-refractivity contribution is 0.0600. The first kappa shape index (κ1) is 16.6. The lowest BCUT2D eigenvalue weighted by Gasteiger charge is -2.38. The summed E-state index contributed by atoms with van der Waals surface area (Å²) in [5.74, 6) is -0.309. The lowest BCUT2D eigenvalue weighted by atomic mass is 10.0. The Labute approximate surface area is 134 Å². The molecule has 7 heteroatoms. The average Bonchev–Trinajstić information content (AvgIpc) is 2.90. The van der Waals surface area contributed by atoms with E-state index in [-0.39, 0.29) is 5.97 Å². The van der Waals surface area contributed by atoms with Crippen LogP contribution in [0.25, 0.3) is 0 Å². The molecule has 1 amide bonds. The molecule has 0 aromatic carbocycles. The molecule has 1 aliphatic rings. The van der Waals surface area contributed by atoms with Crippen LogP contribution in [0.15, 0.2) is 5.38 Å². The van der Waals surface area contributed by atoms with Crippen molar-refractivity contribution in [2.75, 3.05) is 31.6 Å². The number of amides is 1. The van der Waals surface area contributed by atoms with Crippen LogP contribution in [0.5, 0.6) is 0 Å². The highest BCUT2D eigenvalue weighted by Gasteiger charge is 2.28. The molecule has 0 bridgehead atoms. The van der Waals surface area contributed by atoms with E-state index in [1.165, 1.54) is 12.0 Å². The van der Waals surface area contributed by atoms with E-state index in [1.807, 2.05) is 12.3 Å². The van der Waals surface area contributed by atoms with Crippen molar-refractivity contribution < 1.29 is 19.4 Å². The van der Waals surface area contributed by atoms with Crippen molar-refractivity contribution in [1.82, 2.24) is 4.90 Å². The summed E-state index contributed by atoms with van der Waals surface area (Å²) in [6, 6.07) is 0.309. The Morgan fingerprint density at radius 2 is 2.09 bits per heavy atom. The van der Waals surface area contributed by atoms with Crippen LogP contribution >= 0.6 is 11.3 Å². The minimum atomic E-state index is -0.846. The van der Waals surface area contributed by atoms with Gasteiger partial charge in [0.1, 0.15) is 0 Å². The summed E-state index contributed by atoms with van der Waals surface area (Å²) in [6.07, 6.45) is 0.776. The van der Waals surface area contributed by atoms with Crippen molar-refractivity contribution in [2.24, 2.45) is 0 Å². The summed E-state index contributed by atoms with van der Waals surface area (Å²) in [4.78, 5) is 26.5. The van der Waals surface area contributed by atoms with Crippen molar-refractivity contribution >= 4 is 28.4 Å². The largest absolute Gasteiger partial charge is 0.465 e. The third-order valence-electron chi connectivity index (χ3n) is 4.20. The van der Waals surface area contributed by atoms with E-state index in [9.17, 15) is 9.59 Å². The van der Waals surface area contributed by atoms with E-state index in [4.69, 9.17) is 9.84 Å². The minimum absolute atomic E-state index is 0.309. The van der Waals surface area contributed by atoms with Crippen molar-refractivity contribution in [1.29, 1.82) is 0 Å². The van der Waals surface area contributed by atoms with Gasteiger partial charge in [-0.15, -0.1) is 11.3 Å².